The van der Waals surface area contributed by atoms with Gasteiger partial charge in [0.1, 0.15) is 16.9 Å². The number of nitrogens with zero attached hydrogens (tertiary/aromatic N) is 3. The second kappa shape index (κ2) is 8.94. The molecule has 1 aliphatic heterocycles. The smallest absolute Gasteiger partial charge is 0.341 e. The van der Waals surface area contributed by atoms with E-state index in [0.29, 0.717) is 18.6 Å². The summed E-state index contributed by atoms with van der Waals surface area (Å²) in [6.45, 7) is 7.67. The number of anilines is 2. The fraction of sp³-hybridized carbons (Fsp3) is 0.522. The van der Waals surface area contributed by atoms with Crippen LogP contribution >= 0.6 is 12.4 Å². The van der Waals surface area contributed by atoms with Crippen molar-refractivity contribution in [3.63, 3.8) is 0 Å². The molecule has 2 aliphatic rings. The van der Waals surface area contributed by atoms with E-state index >= 15 is 8.78 Å². The van der Waals surface area contributed by atoms with E-state index < -0.39 is 56.4 Å². The number of carboxylic acids is 1. The molecule has 1 saturated carbocycles. The van der Waals surface area contributed by atoms with Crippen LogP contribution in [0.25, 0.3) is 10.9 Å². The van der Waals surface area contributed by atoms with Crippen LogP contribution in [-0.4, -0.2) is 46.6 Å². The molecule has 5 N–H and O–H groups in total. The number of oxime groups is 1. The fourth-order valence-corrected chi connectivity index (χ4v) is 4.23. The predicted octanol–water partition coefficient (Wildman–Crippen LogP) is 3.27. The molecule has 0 spiro atoms. The van der Waals surface area contributed by atoms with E-state index in [4.69, 9.17) is 16.3 Å². The number of nitrogens with two attached hydrogens (primary N) is 2. The third kappa shape index (κ3) is 4.54. The van der Waals surface area contributed by atoms with Crippen molar-refractivity contribution in [1.29, 1.82) is 0 Å². The van der Waals surface area contributed by atoms with Crippen molar-refractivity contribution in [3.05, 3.63) is 33.6 Å². The van der Waals surface area contributed by atoms with Crippen LogP contribution in [0.5, 0.6) is 0 Å². The van der Waals surface area contributed by atoms with Crippen LogP contribution in [0.2, 0.25) is 0 Å². The minimum Gasteiger partial charge on any atom is -0.477 e. The number of aromatic nitrogens is 1. The van der Waals surface area contributed by atoms with Crippen molar-refractivity contribution >= 4 is 46.4 Å². The van der Waals surface area contributed by atoms with Crippen LogP contribution in [0, 0.1) is 17.0 Å². The maximum Gasteiger partial charge on any atom is 0.341 e. The Labute approximate surface area is 207 Å². The van der Waals surface area contributed by atoms with Crippen LogP contribution in [0.15, 0.2) is 16.1 Å². The van der Waals surface area contributed by atoms with Crippen molar-refractivity contribution in [2.45, 2.75) is 52.2 Å². The summed E-state index contributed by atoms with van der Waals surface area (Å²) in [5.41, 5.74) is 8.48. The number of rotatable bonds is 5. The SMILES string of the molecule is CC(C)(C)O/N=C1/CN(c2c(F)c(N)c3c(=O)c(C(=O)O)cn(C4CC4)c3c2F)CC1(C)CN.Cl. The van der Waals surface area contributed by atoms with Crippen molar-refractivity contribution in [2.75, 3.05) is 30.3 Å². The van der Waals surface area contributed by atoms with Crippen molar-refractivity contribution < 1.29 is 23.5 Å². The maximum atomic E-state index is 16.0. The second-order valence-electron chi connectivity index (χ2n) is 10.3. The van der Waals surface area contributed by atoms with Crippen LogP contribution in [0.3, 0.4) is 0 Å². The molecular formula is C23H30ClF2N5O4. The van der Waals surface area contributed by atoms with Crippen molar-refractivity contribution in [1.82, 2.24) is 4.57 Å². The lowest BCUT2D eigenvalue weighted by molar-refractivity contribution is -0.000439. The van der Waals surface area contributed by atoms with Crippen molar-refractivity contribution in [2.24, 2.45) is 16.3 Å². The molecule has 192 valence electrons. The second-order valence-corrected chi connectivity index (χ2v) is 10.3. The molecular weight excluding hydrogens is 484 g/mol. The number of carboxylic acid groups (broad SMARTS) is 1. The van der Waals surface area contributed by atoms with Gasteiger partial charge in [-0.05, 0) is 33.6 Å². The van der Waals surface area contributed by atoms with Gasteiger partial charge in [-0.2, -0.15) is 0 Å². The highest BCUT2D eigenvalue weighted by atomic mass is 35.5. The van der Waals surface area contributed by atoms with Crippen molar-refractivity contribution in [3.8, 4) is 0 Å². The number of benzene rings is 1. The number of fused-ring (bicyclic) bond motifs is 1. The molecule has 1 aliphatic carbocycles. The first-order valence-electron chi connectivity index (χ1n) is 11.1. The van der Waals surface area contributed by atoms with Gasteiger partial charge in [0.2, 0.25) is 5.43 Å². The average Bonchev–Trinajstić information content (AvgIpc) is 3.53. The van der Waals surface area contributed by atoms with E-state index in [-0.39, 0.29) is 43.6 Å². The first-order chi connectivity index (χ1) is 15.8. The zero-order valence-electron chi connectivity index (χ0n) is 20.0. The lowest BCUT2D eigenvalue weighted by atomic mass is 9.88. The van der Waals surface area contributed by atoms with Gasteiger partial charge in [0.25, 0.3) is 0 Å². The van der Waals surface area contributed by atoms with Gasteiger partial charge in [-0.3, -0.25) is 4.79 Å². The molecule has 2 aromatic rings. The van der Waals surface area contributed by atoms with E-state index in [1.165, 1.54) is 9.47 Å². The topological polar surface area (TPSA) is 136 Å². The summed E-state index contributed by atoms with van der Waals surface area (Å²) >= 11 is 0. The molecule has 9 nitrogen and oxygen atoms in total. The van der Waals surface area contributed by atoms with Crippen LogP contribution in [0.4, 0.5) is 20.2 Å². The van der Waals surface area contributed by atoms with Crippen LogP contribution in [-0.2, 0) is 4.84 Å². The Hall–Kier alpha value is -2.92. The zero-order valence-corrected chi connectivity index (χ0v) is 20.8. The summed E-state index contributed by atoms with van der Waals surface area (Å²) in [5.74, 6) is -3.58. The lowest BCUT2D eigenvalue weighted by Crippen LogP contribution is -2.36. The largest absolute Gasteiger partial charge is 0.477 e. The normalized spacial score (nSPS) is 21.5. The maximum absolute atomic E-state index is 16.0. The number of aromatic carboxylic acids is 1. The molecule has 0 radical (unpaired) electrons. The Balaban J connectivity index is 0.00000342. The minimum absolute atomic E-state index is 0. The Morgan fingerprint density at radius 1 is 1.31 bits per heavy atom. The van der Waals surface area contributed by atoms with E-state index in [1.807, 2.05) is 27.7 Å². The van der Waals surface area contributed by atoms with E-state index in [0.717, 1.165) is 6.20 Å². The molecule has 4 rings (SSSR count). The zero-order chi connectivity index (χ0) is 25.2. The summed E-state index contributed by atoms with van der Waals surface area (Å²) in [7, 11) is 0. The number of hydrogen-bond acceptors (Lipinski definition) is 7. The number of pyridine rings is 1. The summed E-state index contributed by atoms with van der Waals surface area (Å²) in [6.07, 6.45) is 2.48. The van der Waals surface area contributed by atoms with Gasteiger partial charge < -0.3 is 30.9 Å². The Bertz CT molecular complexity index is 1290. The van der Waals surface area contributed by atoms with Crippen LogP contribution in [0.1, 0.15) is 56.9 Å². The number of carbonyl (C=O) groups is 1. The van der Waals surface area contributed by atoms with Gasteiger partial charge in [-0.15, -0.1) is 12.4 Å². The highest BCUT2D eigenvalue weighted by molar-refractivity contribution is 6.02. The highest BCUT2D eigenvalue weighted by Crippen LogP contribution is 2.43. The van der Waals surface area contributed by atoms with E-state index in [2.05, 4.69) is 5.16 Å². The Morgan fingerprint density at radius 2 is 1.94 bits per heavy atom. The molecule has 2 fully saturated rings. The standard InChI is InChI=1S/C23H29F2N5O4.ClH/c1-22(2,3)34-28-13-8-29(10-23(13,4)9-26)19-15(24)17(27)14-18(16(19)25)30(11-5-6-11)7-12(20(14)31)21(32)33;/h7,11H,5-6,8-10,26-27H2,1-4H3,(H,32,33);1H/b28-13-;. The molecule has 2 heterocycles. The molecule has 0 bridgehead atoms. The fourth-order valence-electron chi connectivity index (χ4n) is 4.23. The Morgan fingerprint density at radius 3 is 2.46 bits per heavy atom. The van der Waals surface area contributed by atoms with E-state index in [1.54, 1.807) is 0 Å². The van der Waals surface area contributed by atoms with Crippen LogP contribution < -0.4 is 21.8 Å². The van der Waals surface area contributed by atoms with E-state index in [9.17, 15) is 14.7 Å². The molecule has 35 heavy (non-hydrogen) atoms. The first-order valence-corrected chi connectivity index (χ1v) is 11.1. The predicted molar refractivity (Wildman–Crippen MR) is 133 cm³/mol. The third-order valence-corrected chi connectivity index (χ3v) is 6.31. The molecule has 1 unspecified atom stereocenters. The van der Waals surface area contributed by atoms with Gasteiger partial charge in [0.05, 0.1) is 28.8 Å². The molecule has 12 heteroatoms. The number of hydrogen-bond donors (Lipinski definition) is 3. The Kier molecular flexibility index (Phi) is 6.82. The molecule has 1 atom stereocenters. The number of halogens is 3. The first kappa shape index (κ1) is 26.7. The molecule has 1 aromatic carbocycles. The minimum atomic E-state index is -1.48. The third-order valence-electron chi connectivity index (χ3n) is 6.31. The average molecular weight is 514 g/mol. The lowest BCUT2D eigenvalue weighted by Gasteiger charge is -2.25. The highest BCUT2D eigenvalue weighted by Gasteiger charge is 2.43. The van der Waals surface area contributed by atoms with Gasteiger partial charge in [0, 0.05) is 30.7 Å². The summed E-state index contributed by atoms with van der Waals surface area (Å²) in [6, 6.07) is -0.196. The number of nitrogen functional groups attached to an aromatic ring is 1. The van der Waals surface area contributed by atoms with Gasteiger partial charge in [0.15, 0.2) is 11.6 Å². The molecule has 1 saturated heterocycles. The summed E-state index contributed by atoms with van der Waals surface area (Å²) in [4.78, 5) is 31.4. The molecule has 0 amide bonds. The monoisotopic (exact) mass is 513 g/mol. The van der Waals surface area contributed by atoms with Gasteiger partial charge in [-0.1, -0.05) is 12.1 Å². The summed E-state index contributed by atoms with van der Waals surface area (Å²) < 4.78 is 33.0. The van der Waals surface area contributed by atoms with Gasteiger partial charge in [-0.25, -0.2) is 13.6 Å². The molecule has 1 aromatic heterocycles. The quantitative estimate of drug-likeness (QED) is 0.412. The van der Waals surface area contributed by atoms with Gasteiger partial charge >= 0.3 is 5.97 Å². The summed E-state index contributed by atoms with van der Waals surface area (Å²) in [5, 5.41) is 13.2.